The first-order valence-corrected chi connectivity index (χ1v) is 11.4. The lowest BCUT2D eigenvalue weighted by molar-refractivity contribution is 0.0697. The van der Waals surface area contributed by atoms with Crippen LogP contribution in [0.2, 0.25) is 0 Å². The van der Waals surface area contributed by atoms with Crippen molar-refractivity contribution in [3.05, 3.63) is 54.4 Å². The molecule has 10 heteroatoms. The first kappa shape index (κ1) is 24.8. The molecule has 0 atom stereocenters. The molecule has 0 amide bonds. The van der Waals surface area contributed by atoms with Gasteiger partial charge in [-0.05, 0) is 26.2 Å². The minimum Gasteiger partial charge on any atom is -0.494 e. The molecule has 0 fully saturated rings. The van der Waals surface area contributed by atoms with E-state index in [1.54, 1.807) is 13.2 Å². The van der Waals surface area contributed by atoms with Gasteiger partial charge in [0.05, 0.1) is 29.9 Å². The number of nitrogen functional groups attached to an aromatic ring is 1. The molecule has 0 radical (unpaired) electrons. The maximum Gasteiger partial charge on any atom is 0.339 e. The Morgan fingerprint density at radius 2 is 1.94 bits per heavy atom. The van der Waals surface area contributed by atoms with Gasteiger partial charge < -0.3 is 35.3 Å². The number of anilines is 4. The van der Waals surface area contributed by atoms with Crippen LogP contribution in [0.1, 0.15) is 10.4 Å². The molecule has 0 saturated carbocycles. The summed E-state index contributed by atoms with van der Waals surface area (Å²) in [5.41, 5.74) is 10.4. The number of carboxylic acids is 1. The SMILES string of the molecule is COc1cc(N(C)CCN(C)C)c(N)cc1Nc1ncc(C(=O)O)c(-c2cn(C)c3ccccc23)n1. The number of rotatable bonds is 9. The number of fused-ring (bicyclic) bond motifs is 1. The predicted molar refractivity (Wildman–Crippen MR) is 143 cm³/mol. The van der Waals surface area contributed by atoms with Gasteiger partial charge >= 0.3 is 5.97 Å². The fourth-order valence-electron chi connectivity index (χ4n) is 4.11. The molecule has 2 heterocycles. The van der Waals surface area contributed by atoms with Crippen molar-refractivity contribution in [2.75, 3.05) is 57.3 Å². The molecule has 188 valence electrons. The van der Waals surface area contributed by atoms with Crippen LogP contribution in [0, 0.1) is 0 Å². The van der Waals surface area contributed by atoms with Crippen LogP contribution in [-0.4, -0.2) is 71.9 Å². The normalized spacial score (nSPS) is 11.2. The lowest BCUT2D eigenvalue weighted by atomic mass is 10.1. The summed E-state index contributed by atoms with van der Waals surface area (Å²) in [4.78, 5) is 25.0. The smallest absolute Gasteiger partial charge is 0.339 e. The van der Waals surface area contributed by atoms with E-state index in [2.05, 4.69) is 25.1 Å². The van der Waals surface area contributed by atoms with E-state index in [1.807, 2.05) is 69.3 Å². The van der Waals surface area contributed by atoms with Crippen molar-refractivity contribution in [1.82, 2.24) is 19.4 Å². The van der Waals surface area contributed by atoms with Crippen molar-refractivity contribution in [3.63, 3.8) is 0 Å². The van der Waals surface area contributed by atoms with E-state index in [0.717, 1.165) is 29.7 Å². The number of hydrogen-bond donors (Lipinski definition) is 3. The summed E-state index contributed by atoms with van der Waals surface area (Å²) in [5.74, 6) is -0.306. The lowest BCUT2D eigenvalue weighted by Gasteiger charge is -2.24. The van der Waals surface area contributed by atoms with E-state index in [0.29, 0.717) is 28.4 Å². The molecule has 2 aromatic carbocycles. The molecule has 0 aliphatic carbocycles. The molecule has 0 spiro atoms. The van der Waals surface area contributed by atoms with Crippen LogP contribution in [0.15, 0.2) is 48.8 Å². The van der Waals surface area contributed by atoms with Gasteiger partial charge in [-0.15, -0.1) is 0 Å². The number of carbonyl (C=O) groups is 1. The number of aryl methyl sites for hydroxylation is 1. The standard InChI is InChI=1S/C26H31N7O3/c1-31(2)10-11-32(3)22-13-23(36-5)20(12-19(22)27)29-26-28-14-17(25(34)35)24(30-26)18-15-33(4)21-9-7-6-8-16(18)21/h6-9,12-15H,10-11,27H2,1-5H3,(H,34,35)(H,28,29,30). The zero-order valence-corrected chi connectivity index (χ0v) is 21.1. The highest BCUT2D eigenvalue weighted by Gasteiger charge is 2.20. The minimum atomic E-state index is -1.10. The largest absolute Gasteiger partial charge is 0.494 e. The fraction of sp³-hybridized carbons (Fsp3) is 0.269. The first-order valence-electron chi connectivity index (χ1n) is 11.4. The van der Waals surface area contributed by atoms with Gasteiger partial charge in [0, 0.05) is 62.1 Å². The van der Waals surface area contributed by atoms with E-state index in [9.17, 15) is 9.90 Å². The third-order valence-corrected chi connectivity index (χ3v) is 6.06. The number of hydrogen-bond acceptors (Lipinski definition) is 8. The number of aromatic nitrogens is 3. The first-order chi connectivity index (χ1) is 17.2. The summed E-state index contributed by atoms with van der Waals surface area (Å²) in [6.07, 6.45) is 3.19. The quantitative estimate of drug-likeness (QED) is 0.302. The molecule has 0 aliphatic heterocycles. The number of nitrogens with two attached hydrogens (primary N) is 1. The Balaban J connectivity index is 1.73. The number of carboxylic acid groups (broad SMARTS) is 1. The molecule has 4 rings (SSSR count). The molecule has 0 saturated heterocycles. The van der Waals surface area contributed by atoms with Crippen molar-refractivity contribution in [2.24, 2.45) is 7.05 Å². The summed E-state index contributed by atoms with van der Waals surface area (Å²) in [6, 6.07) is 11.4. The van der Waals surface area contributed by atoms with Crippen LogP contribution in [0.5, 0.6) is 5.75 Å². The molecule has 0 unspecified atom stereocenters. The third-order valence-electron chi connectivity index (χ3n) is 6.06. The van der Waals surface area contributed by atoms with E-state index in [4.69, 9.17) is 10.5 Å². The Morgan fingerprint density at radius 1 is 1.19 bits per heavy atom. The highest BCUT2D eigenvalue weighted by molar-refractivity contribution is 6.02. The number of para-hydroxylation sites is 1. The van der Waals surface area contributed by atoms with Crippen molar-refractivity contribution < 1.29 is 14.6 Å². The highest BCUT2D eigenvalue weighted by Crippen LogP contribution is 2.37. The van der Waals surface area contributed by atoms with Gasteiger partial charge in [-0.1, -0.05) is 18.2 Å². The topological polar surface area (TPSA) is 122 Å². The number of likely N-dealkylation sites (N-methyl/N-ethyl adjacent to an activating group) is 2. The van der Waals surface area contributed by atoms with Gasteiger partial charge in [0.2, 0.25) is 5.95 Å². The van der Waals surface area contributed by atoms with E-state index in [-0.39, 0.29) is 11.5 Å². The minimum absolute atomic E-state index is 0.0150. The number of aromatic carboxylic acids is 1. The monoisotopic (exact) mass is 489 g/mol. The number of nitrogens with zero attached hydrogens (tertiary/aromatic N) is 5. The second-order valence-electron chi connectivity index (χ2n) is 8.89. The Bertz CT molecular complexity index is 1410. The highest BCUT2D eigenvalue weighted by atomic mass is 16.5. The second-order valence-corrected chi connectivity index (χ2v) is 8.89. The molecule has 4 aromatic rings. The van der Waals surface area contributed by atoms with Crippen molar-refractivity contribution in [3.8, 4) is 17.0 Å². The Hall–Kier alpha value is -4.31. The molecule has 2 aromatic heterocycles. The average molecular weight is 490 g/mol. The van der Waals surface area contributed by atoms with Gasteiger partial charge in [-0.2, -0.15) is 0 Å². The summed E-state index contributed by atoms with van der Waals surface area (Å²) in [6.45, 7) is 1.67. The second kappa shape index (κ2) is 10.1. The van der Waals surface area contributed by atoms with Crippen LogP contribution < -0.4 is 20.7 Å². The van der Waals surface area contributed by atoms with E-state index >= 15 is 0 Å². The van der Waals surface area contributed by atoms with Crippen LogP contribution in [0.4, 0.5) is 23.0 Å². The zero-order valence-electron chi connectivity index (χ0n) is 21.1. The zero-order chi connectivity index (χ0) is 26.0. The van der Waals surface area contributed by atoms with Gasteiger partial charge in [0.15, 0.2) is 0 Å². The maximum atomic E-state index is 12.0. The number of nitrogens with one attached hydrogen (secondary N) is 1. The van der Waals surface area contributed by atoms with Crippen molar-refractivity contribution in [1.29, 1.82) is 0 Å². The fourth-order valence-corrected chi connectivity index (χ4v) is 4.11. The molecule has 36 heavy (non-hydrogen) atoms. The average Bonchev–Trinajstić information content (AvgIpc) is 3.19. The summed E-state index contributed by atoms with van der Waals surface area (Å²) in [7, 11) is 9.51. The van der Waals surface area contributed by atoms with Crippen LogP contribution >= 0.6 is 0 Å². The Kier molecular flexibility index (Phi) is 6.98. The summed E-state index contributed by atoms with van der Waals surface area (Å²) < 4.78 is 7.56. The lowest BCUT2D eigenvalue weighted by Crippen LogP contribution is -2.29. The number of methoxy groups -OCH3 is 1. The van der Waals surface area contributed by atoms with Crippen LogP contribution in [-0.2, 0) is 7.05 Å². The van der Waals surface area contributed by atoms with Crippen LogP contribution in [0.3, 0.4) is 0 Å². The number of benzene rings is 2. The predicted octanol–water partition coefficient (Wildman–Crippen LogP) is 3.67. The van der Waals surface area contributed by atoms with E-state index in [1.165, 1.54) is 6.20 Å². The van der Waals surface area contributed by atoms with Crippen molar-refractivity contribution >= 4 is 39.9 Å². The molecule has 0 bridgehead atoms. The van der Waals surface area contributed by atoms with Gasteiger partial charge in [-0.3, -0.25) is 0 Å². The molecule has 0 aliphatic rings. The van der Waals surface area contributed by atoms with Gasteiger partial charge in [-0.25, -0.2) is 14.8 Å². The Labute approximate surface area is 209 Å². The van der Waals surface area contributed by atoms with Crippen LogP contribution in [0.25, 0.3) is 22.2 Å². The Morgan fingerprint density at radius 3 is 2.64 bits per heavy atom. The van der Waals surface area contributed by atoms with Gasteiger partial charge in [0.1, 0.15) is 11.3 Å². The summed E-state index contributed by atoms with van der Waals surface area (Å²) >= 11 is 0. The third kappa shape index (κ3) is 4.89. The van der Waals surface area contributed by atoms with Crippen molar-refractivity contribution in [2.45, 2.75) is 0 Å². The molecule has 10 nitrogen and oxygen atoms in total. The molecule has 4 N–H and O–H groups in total. The van der Waals surface area contributed by atoms with Gasteiger partial charge in [0.25, 0.3) is 0 Å². The maximum absolute atomic E-state index is 12.0. The number of ether oxygens (including phenoxy) is 1. The van der Waals surface area contributed by atoms with E-state index < -0.39 is 5.97 Å². The summed E-state index contributed by atoms with van der Waals surface area (Å²) in [5, 5.41) is 13.9. The molecular formula is C26H31N7O3. The molecular weight excluding hydrogens is 458 g/mol.